The number of ether oxygens (including phenoxy) is 3. The van der Waals surface area contributed by atoms with Crippen LogP contribution in [0.4, 0.5) is 0 Å². The highest BCUT2D eigenvalue weighted by Crippen LogP contribution is 2.19. The molecule has 2 aromatic rings. The third kappa shape index (κ3) is 6.59. The standard InChI is InChI=1S/C19H25NO3/c1-3-4-7-16(2)23-18-11-9-17(10-12-18)21-14-15-22-19-8-5-6-13-20-19/h5-6,8-13,16H,3-4,7,14-15H2,1-2H3. The molecule has 1 atom stereocenters. The molecule has 0 spiro atoms. The Morgan fingerprint density at radius 3 is 2.39 bits per heavy atom. The average molecular weight is 315 g/mol. The van der Waals surface area contributed by atoms with Crippen LogP contribution in [0.5, 0.6) is 17.4 Å². The monoisotopic (exact) mass is 315 g/mol. The number of rotatable bonds is 10. The Morgan fingerprint density at radius 2 is 1.70 bits per heavy atom. The summed E-state index contributed by atoms with van der Waals surface area (Å²) in [4.78, 5) is 4.09. The van der Waals surface area contributed by atoms with Crippen molar-refractivity contribution in [3.63, 3.8) is 0 Å². The van der Waals surface area contributed by atoms with Crippen LogP contribution < -0.4 is 14.2 Å². The predicted octanol–water partition coefficient (Wildman–Crippen LogP) is 4.50. The van der Waals surface area contributed by atoms with E-state index in [-0.39, 0.29) is 6.10 Å². The SMILES string of the molecule is CCCCC(C)Oc1ccc(OCCOc2ccccn2)cc1. The molecule has 0 saturated carbocycles. The van der Waals surface area contributed by atoms with E-state index in [9.17, 15) is 0 Å². The summed E-state index contributed by atoms with van der Waals surface area (Å²) in [6.07, 6.45) is 5.42. The molecule has 0 amide bonds. The lowest BCUT2D eigenvalue weighted by atomic mass is 10.2. The first kappa shape index (κ1) is 17.1. The summed E-state index contributed by atoms with van der Waals surface area (Å²) in [6.45, 7) is 5.23. The maximum absolute atomic E-state index is 5.87. The van der Waals surface area contributed by atoms with Gasteiger partial charge < -0.3 is 14.2 Å². The van der Waals surface area contributed by atoms with Gasteiger partial charge in [0.25, 0.3) is 0 Å². The topological polar surface area (TPSA) is 40.6 Å². The molecule has 0 aliphatic rings. The summed E-state index contributed by atoms with van der Waals surface area (Å²) >= 11 is 0. The Hall–Kier alpha value is -2.23. The highest BCUT2D eigenvalue weighted by atomic mass is 16.5. The van der Waals surface area contributed by atoms with Crippen LogP contribution in [-0.4, -0.2) is 24.3 Å². The van der Waals surface area contributed by atoms with Crippen LogP contribution in [-0.2, 0) is 0 Å². The molecule has 0 saturated heterocycles. The molecule has 1 aromatic heterocycles. The van der Waals surface area contributed by atoms with Gasteiger partial charge in [0.05, 0.1) is 6.10 Å². The van der Waals surface area contributed by atoms with Crippen molar-refractivity contribution in [1.82, 2.24) is 4.98 Å². The summed E-state index contributed by atoms with van der Waals surface area (Å²) in [5.41, 5.74) is 0. The Balaban J connectivity index is 1.68. The minimum atomic E-state index is 0.244. The fourth-order valence-corrected chi connectivity index (χ4v) is 2.14. The molecular weight excluding hydrogens is 290 g/mol. The van der Waals surface area contributed by atoms with Gasteiger partial charge in [-0.1, -0.05) is 25.8 Å². The zero-order chi connectivity index (χ0) is 16.3. The quantitative estimate of drug-likeness (QED) is 0.605. The molecule has 0 aliphatic carbocycles. The number of hydrogen-bond acceptors (Lipinski definition) is 4. The Labute approximate surface area is 138 Å². The average Bonchev–Trinajstić information content (AvgIpc) is 2.59. The maximum atomic E-state index is 5.87. The molecule has 23 heavy (non-hydrogen) atoms. The lowest BCUT2D eigenvalue weighted by molar-refractivity contribution is 0.204. The van der Waals surface area contributed by atoms with E-state index in [1.54, 1.807) is 6.20 Å². The van der Waals surface area contributed by atoms with Gasteiger partial charge in [-0.15, -0.1) is 0 Å². The van der Waals surface area contributed by atoms with Crippen LogP contribution in [0, 0.1) is 0 Å². The Bertz CT molecular complexity index is 542. The van der Waals surface area contributed by atoms with E-state index in [2.05, 4.69) is 18.8 Å². The summed E-state index contributed by atoms with van der Waals surface area (Å²) < 4.78 is 17.0. The van der Waals surface area contributed by atoms with E-state index in [0.29, 0.717) is 19.1 Å². The first-order valence-electron chi connectivity index (χ1n) is 8.21. The van der Waals surface area contributed by atoms with Crippen molar-refractivity contribution in [3.8, 4) is 17.4 Å². The van der Waals surface area contributed by atoms with Gasteiger partial charge in [0.1, 0.15) is 24.7 Å². The highest BCUT2D eigenvalue weighted by molar-refractivity contribution is 5.31. The molecular formula is C19H25NO3. The third-order valence-corrected chi connectivity index (χ3v) is 3.36. The van der Waals surface area contributed by atoms with Crippen LogP contribution >= 0.6 is 0 Å². The molecule has 124 valence electrons. The van der Waals surface area contributed by atoms with E-state index < -0.39 is 0 Å². The van der Waals surface area contributed by atoms with Gasteiger partial charge >= 0.3 is 0 Å². The summed E-state index contributed by atoms with van der Waals surface area (Å²) in [7, 11) is 0. The zero-order valence-corrected chi connectivity index (χ0v) is 13.9. The molecule has 4 heteroatoms. The number of hydrogen-bond donors (Lipinski definition) is 0. The van der Waals surface area contributed by atoms with Crippen molar-refractivity contribution in [2.45, 2.75) is 39.2 Å². The predicted molar refractivity (Wildman–Crippen MR) is 91.3 cm³/mol. The Kier molecular flexibility index (Phi) is 7.24. The van der Waals surface area contributed by atoms with Gasteiger partial charge in [0.2, 0.25) is 5.88 Å². The van der Waals surface area contributed by atoms with Crippen LogP contribution in [0.15, 0.2) is 48.7 Å². The van der Waals surface area contributed by atoms with Gasteiger partial charge in [-0.2, -0.15) is 0 Å². The van der Waals surface area contributed by atoms with Gasteiger partial charge in [0, 0.05) is 12.3 Å². The summed E-state index contributed by atoms with van der Waals surface area (Å²) in [5, 5.41) is 0. The lowest BCUT2D eigenvalue weighted by Crippen LogP contribution is -2.11. The third-order valence-electron chi connectivity index (χ3n) is 3.36. The van der Waals surface area contributed by atoms with Gasteiger partial charge in [0.15, 0.2) is 0 Å². The van der Waals surface area contributed by atoms with Gasteiger partial charge in [-0.05, 0) is 43.7 Å². The molecule has 1 heterocycles. The van der Waals surface area contributed by atoms with Crippen molar-refractivity contribution in [2.75, 3.05) is 13.2 Å². The van der Waals surface area contributed by atoms with Crippen molar-refractivity contribution >= 4 is 0 Å². The molecule has 1 unspecified atom stereocenters. The minimum absolute atomic E-state index is 0.244. The Morgan fingerprint density at radius 1 is 0.957 bits per heavy atom. The van der Waals surface area contributed by atoms with Crippen molar-refractivity contribution in [1.29, 1.82) is 0 Å². The first-order chi connectivity index (χ1) is 11.3. The van der Waals surface area contributed by atoms with E-state index in [0.717, 1.165) is 17.9 Å². The van der Waals surface area contributed by atoms with E-state index >= 15 is 0 Å². The highest BCUT2D eigenvalue weighted by Gasteiger charge is 2.03. The van der Waals surface area contributed by atoms with Crippen molar-refractivity contribution < 1.29 is 14.2 Å². The summed E-state index contributed by atoms with van der Waals surface area (Å²) in [6, 6.07) is 13.3. The minimum Gasteiger partial charge on any atom is -0.491 e. The van der Waals surface area contributed by atoms with Crippen LogP contribution in [0.1, 0.15) is 33.1 Å². The fourth-order valence-electron chi connectivity index (χ4n) is 2.14. The number of pyridine rings is 1. The second-order valence-corrected chi connectivity index (χ2v) is 5.41. The summed E-state index contributed by atoms with van der Waals surface area (Å²) in [5.74, 6) is 2.30. The number of nitrogens with zero attached hydrogens (tertiary/aromatic N) is 1. The molecule has 0 radical (unpaired) electrons. The largest absolute Gasteiger partial charge is 0.491 e. The normalized spacial score (nSPS) is 11.7. The van der Waals surface area contributed by atoms with E-state index in [4.69, 9.17) is 14.2 Å². The second-order valence-electron chi connectivity index (χ2n) is 5.41. The van der Waals surface area contributed by atoms with E-state index in [1.807, 2.05) is 42.5 Å². The number of benzene rings is 1. The molecule has 0 fully saturated rings. The molecule has 0 N–H and O–H groups in total. The molecule has 2 rings (SSSR count). The molecule has 4 nitrogen and oxygen atoms in total. The molecule has 1 aromatic carbocycles. The first-order valence-corrected chi connectivity index (χ1v) is 8.21. The lowest BCUT2D eigenvalue weighted by Gasteiger charge is -2.14. The van der Waals surface area contributed by atoms with Crippen LogP contribution in [0.25, 0.3) is 0 Å². The van der Waals surface area contributed by atoms with Crippen molar-refractivity contribution in [3.05, 3.63) is 48.7 Å². The molecule has 0 bridgehead atoms. The van der Waals surface area contributed by atoms with Crippen LogP contribution in [0.2, 0.25) is 0 Å². The van der Waals surface area contributed by atoms with Crippen LogP contribution in [0.3, 0.4) is 0 Å². The van der Waals surface area contributed by atoms with E-state index in [1.165, 1.54) is 12.8 Å². The molecule has 0 aliphatic heterocycles. The fraction of sp³-hybridized carbons (Fsp3) is 0.421. The second kappa shape index (κ2) is 9.72. The maximum Gasteiger partial charge on any atom is 0.213 e. The van der Waals surface area contributed by atoms with Gasteiger partial charge in [-0.3, -0.25) is 0 Å². The van der Waals surface area contributed by atoms with Crippen molar-refractivity contribution in [2.24, 2.45) is 0 Å². The van der Waals surface area contributed by atoms with Gasteiger partial charge in [-0.25, -0.2) is 4.98 Å². The number of aromatic nitrogens is 1. The number of unbranched alkanes of at least 4 members (excludes halogenated alkanes) is 1. The smallest absolute Gasteiger partial charge is 0.213 e. The zero-order valence-electron chi connectivity index (χ0n) is 13.9.